The molecule has 9 heavy (non-hydrogen) atoms. The van der Waals surface area contributed by atoms with E-state index in [0.717, 1.165) is 0 Å². The molecule has 0 aliphatic rings. The Kier molecular flexibility index (Phi) is 1970. The summed E-state index contributed by atoms with van der Waals surface area (Å²) in [6.45, 7) is 0. The van der Waals surface area contributed by atoms with Gasteiger partial charge in [0.15, 0.2) is 0 Å². The molecule has 40 valence electrons. The molecule has 0 aliphatic heterocycles. The summed E-state index contributed by atoms with van der Waals surface area (Å²) in [5.74, 6) is 0. The first-order valence-electron chi connectivity index (χ1n) is 0. The molecule has 9 heteroatoms. The summed E-state index contributed by atoms with van der Waals surface area (Å²) >= 11 is 0. The molecule has 0 aromatic carbocycles. The third kappa shape index (κ3) is 94.2. The Morgan fingerprint density at radius 2 is 0.444 bits per heavy atom. The normalized spacial score (nSPS) is 0. The Hall–Kier alpha value is 3.14. The van der Waals surface area contributed by atoms with Gasteiger partial charge in [-0.2, -0.15) is 0 Å². The molecule has 0 bridgehead atoms. The van der Waals surface area contributed by atoms with Crippen LogP contribution in [-0.2, 0) is 68.8 Å². The molecule has 0 atom stereocenters. The quantitative estimate of drug-likeness (QED) is 0.462. The molecule has 0 fully saturated rings. The van der Waals surface area contributed by atoms with Gasteiger partial charge in [0.05, 0.1) is 0 Å². The van der Waals surface area contributed by atoms with Crippen LogP contribution in [0.5, 0.6) is 0 Å². The van der Waals surface area contributed by atoms with Gasteiger partial charge in [0.2, 0.25) is 0 Å². The summed E-state index contributed by atoms with van der Waals surface area (Å²) < 4.78 is 0. The molecule has 0 N–H and O–H groups in total. The summed E-state index contributed by atoms with van der Waals surface area (Å²) in [7, 11) is 0. The van der Waals surface area contributed by atoms with Crippen LogP contribution in [0.3, 0.4) is 0 Å². The SMILES string of the molecule is [Al+3].[Al+3].[O-2].[O-2].[O-2].[Si].[Si].[Zr].[Zr]. The van der Waals surface area contributed by atoms with Crippen molar-refractivity contribution in [3.05, 3.63) is 0 Å². The van der Waals surface area contributed by atoms with E-state index in [4.69, 9.17) is 0 Å². The smallest absolute Gasteiger partial charge is 2.00 e. The maximum Gasteiger partial charge on any atom is 3.00 e. The minimum absolute atomic E-state index is 0. The van der Waals surface area contributed by atoms with Crippen LogP contribution in [0.2, 0.25) is 0 Å². The first kappa shape index (κ1) is 153. The molecule has 8 radical (unpaired) electrons. The molecule has 0 aromatic rings. The third-order valence-electron chi connectivity index (χ3n) is 0. The van der Waals surface area contributed by atoms with Gasteiger partial charge < -0.3 is 16.4 Å². The molecule has 0 saturated carbocycles. The van der Waals surface area contributed by atoms with Gasteiger partial charge in [-0.15, -0.1) is 0 Å². The molecular formula is Al2O3Si2Zr2. The first-order valence-corrected chi connectivity index (χ1v) is 0. The maximum atomic E-state index is 0. The van der Waals surface area contributed by atoms with Crippen molar-refractivity contribution in [3.63, 3.8) is 0 Å². The van der Waals surface area contributed by atoms with Crippen molar-refractivity contribution in [2.45, 2.75) is 0 Å². The minimum atomic E-state index is 0. The monoisotopic (exact) mass is 338 g/mol. The summed E-state index contributed by atoms with van der Waals surface area (Å²) in [4.78, 5) is 0. The van der Waals surface area contributed by atoms with Gasteiger partial charge in [-0.1, -0.05) is 0 Å². The Morgan fingerprint density at radius 3 is 0.444 bits per heavy atom. The van der Waals surface area contributed by atoms with E-state index in [1.165, 1.54) is 0 Å². The van der Waals surface area contributed by atoms with Crippen molar-refractivity contribution in [2.75, 3.05) is 0 Å². The van der Waals surface area contributed by atoms with E-state index in [-0.39, 0.29) is 125 Å². The van der Waals surface area contributed by atoms with Crippen LogP contribution in [-0.4, -0.2) is 56.7 Å². The van der Waals surface area contributed by atoms with Crippen LogP contribution in [0.25, 0.3) is 0 Å². The van der Waals surface area contributed by atoms with E-state index in [9.17, 15) is 0 Å². The Balaban J connectivity index is 0. The van der Waals surface area contributed by atoms with Crippen LogP contribution in [0, 0.1) is 0 Å². The zero-order valence-corrected chi connectivity index (χ0v) is 13.6. The Bertz CT molecular complexity index is 17.8. The molecular weight excluding hydrogens is 341 g/mol. The van der Waals surface area contributed by atoms with E-state index in [1.807, 2.05) is 0 Å². The molecule has 0 spiro atoms. The van der Waals surface area contributed by atoms with Crippen molar-refractivity contribution in [1.29, 1.82) is 0 Å². The van der Waals surface area contributed by atoms with E-state index in [1.54, 1.807) is 0 Å². The summed E-state index contributed by atoms with van der Waals surface area (Å²) in [6.07, 6.45) is 0. The maximum absolute atomic E-state index is 0. The van der Waals surface area contributed by atoms with Gasteiger partial charge in [-0.05, 0) is 0 Å². The van der Waals surface area contributed by atoms with Gasteiger partial charge in [-0.25, -0.2) is 0 Å². The average molecular weight is 341 g/mol. The molecule has 0 saturated heterocycles. The van der Waals surface area contributed by atoms with Crippen molar-refractivity contribution in [2.24, 2.45) is 0 Å². The van der Waals surface area contributed by atoms with E-state index >= 15 is 0 Å². The van der Waals surface area contributed by atoms with Crippen molar-refractivity contribution in [1.82, 2.24) is 0 Å². The minimum Gasteiger partial charge on any atom is -2.00 e. The van der Waals surface area contributed by atoms with Crippen molar-refractivity contribution < 1.29 is 68.8 Å². The first-order chi connectivity index (χ1) is 0. The predicted octanol–water partition coefficient (Wildman–Crippen LogP) is -1.88. The molecule has 0 unspecified atom stereocenters. The van der Waals surface area contributed by atoms with Crippen molar-refractivity contribution >= 4 is 56.7 Å². The molecule has 0 aromatic heterocycles. The van der Waals surface area contributed by atoms with Crippen molar-refractivity contribution in [3.8, 4) is 0 Å². The second-order valence-electron chi connectivity index (χ2n) is 0. The van der Waals surface area contributed by atoms with E-state index in [0.29, 0.717) is 0 Å². The summed E-state index contributed by atoms with van der Waals surface area (Å²) in [6, 6.07) is 0. The van der Waals surface area contributed by atoms with Crippen LogP contribution < -0.4 is 0 Å². The third-order valence-corrected chi connectivity index (χ3v) is 0. The summed E-state index contributed by atoms with van der Waals surface area (Å²) in [5.41, 5.74) is 0. The summed E-state index contributed by atoms with van der Waals surface area (Å²) in [5, 5.41) is 0. The van der Waals surface area contributed by atoms with Gasteiger partial charge in [0.25, 0.3) is 0 Å². The fourth-order valence-corrected chi connectivity index (χ4v) is 0. The second-order valence-corrected chi connectivity index (χ2v) is 0. The Labute approximate surface area is 124 Å². The topological polar surface area (TPSA) is 85.5 Å². The van der Waals surface area contributed by atoms with Crippen LogP contribution in [0.1, 0.15) is 0 Å². The molecule has 0 aliphatic carbocycles. The van der Waals surface area contributed by atoms with Gasteiger partial charge in [0, 0.05) is 74.3 Å². The number of hydrogen-bond acceptors (Lipinski definition) is 0. The standard InChI is InChI=1S/2Al.3O.2Si.2Zr/q2*+3;3*-2;;;;. The zero-order chi connectivity index (χ0) is 0. The van der Waals surface area contributed by atoms with E-state index in [2.05, 4.69) is 0 Å². The second kappa shape index (κ2) is 116. The largest absolute Gasteiger partial charge is 3.00 e. The van der Waals surface area contributed by atoms with E-state index < -0.39 is 0 Å². The molecule has 0 amide bonds. The Morgan fingerprint density at radius 1 is 0.444 bits per heavy atom. The van der Waals surface area contributed by atoms with Crippen LogP contribution >= 0.6 is 0 Å². The molecule has 0 heterocycles. The van der Waals surface area contributed by atoms with Gasteiger partial charge in [-0.3, -0.25) is 0 Å². The number of hydrogen-bond donors (Lipinski definition) is 0. The fourth-order valence-electron chi connectivity index (χ4n) is 0. The average Bonchev–Trinajstić information content (AvgIpc) is 0. The van der Waals surface area contributed by atoms with Gasteiger partial charge in [0.1, 0.15) is 0 Å². The molecule has 0 rings (SSSR count). The predicted molar refractivity (Wildman–Crippen MR) is 25.1 cm³/mol. The van der Waals surface area contributed by atoms with Crippen LogP contribution in [0.15, 0.2) is 0 Å². The fraction of sp³-hybridized carbons (Fsp3) is 0. The molecule has 3 nitrogen and oxygen atoms in total. The van der Waals surface area contributed by atoms with Crippen LogP contribution in [0.4, 0.5) is 0 Å². The zero-order valence-electron chi connectivity index (χ0n) is 4.38. The number of rotatable bonds is 0. The van der Waals surface area contributed by atoms with Gasteiger partial charge >= 0.3 is 34.7 Å².